The van der Waals surface area contributed by atoms with Crippen molar-refractivity contribution >= 4 is 5.91 Å². The monoisotopic (exact) mass is 287 g/mol. The summed E-state index contributed by atoms with van der Waals surface area (Å²) in [6, 6.07) is 3.66. The molecule has 1 aromatic rings. The molecule has 0 bridgehead atoms. The van der Waals surface area contributed by atoms with E-state index in [0.717, 1.165) is 18.4 Å². The molecule has 1 aromatic heterocycles. The molecular formula is C17H25N3O. The Morgan fingerprint density at radius 3 is 2.81 bits per heavy atom. The van der Waals surface area contributed by atoms with Crippen LogP contribution in [-0.2, 0) is 0 Å². The third-order valence-corrected chi connectivity index (χ3v) is 3.20. The Labute approximate surface area is 127 Å². The summed E-state index contributed by atoms with van der Waals surface area (Å²) >= 11 is 0. The predicted octanol–water partition coefficient (Wildman–Crippen LogP) is 2.48. The maximum atomic E-state index is 12.0. The van der Waals surface area contributed by atoms with Crippen LogP contribution in [0.15, 0.2) is 18.3 Å². The van der Waals surface area contributed by atoms with E-state index in [-0.39, 0.29) is 11.9 Å². The van der Waals surface area contributed by atoms with Crippen LogP contribution in [0.5, 0.6) is 0 Å². The fraction of sp³-hybridized carbons (Fsp3) is 0.529. The molecule has 0 aromatic carbocycles. The van der Waals surface area contributed by atoms with Crippen LogP contribution in [0.3, 0.4) is 0 Å². The number of carbonyl (C=O) groups excluding carboxylic acids is 1. The number of hydrogen-bond donors (Lipinski definition) is 2. The Hall–Kier alpha value is -1.86. The largest absolute Gasteiger partial charge is 0.348 e. The average molecular weight is 287 g/mol. The van der Waals surface area contributed by atoms with Crippen molar-refractivity contribution in [2.24, 2.45) is 5.73 Å². The highest BCUT2D eigenvalue weighted by Crippen LogP contribution is 2.06. The standard InChI is InChI=1S/C17H25N3O/c1-3-4-5-6-8-14(2)20-17(21)16-11-10-15(13-19-16)9-7-12-18/h10-11,13-14H,3-6,8,12,18H2,1-2H3,(H,20,21). The fourth-order valence-corrected chi connectivity index (χ4v) is 2.00. The van der Waals surface area contributed by atoms with Crippen molar-refractivity contribution in [3.8, 4) is 11.8 Å². The Balaban J connectivity index is 2.44. The van der Waals surface area contributed by atoms with Crippen molar-refractivity contribution in [1.29, 1.82) is 0 Å². The van der Waals surface area contributed by atoms with E-state index in [0.29, 0.717) is 12.2 Å². The van der Waals surface area contributed by atoms with Crippen molar-refractivity contribution in [2.75, 3.05) is 6.54 Å². The zero-order chi connectivity index (χ0) is 15.5. The molecular weight excluding hydrogens is 262 g/mol. The van der Waals surface area contributed by atoms with Crippen molar-refractivity contribution in [3.05, 3.63) is 29.6 Å². The minimum atomic E-state index is -0.128. The predicted molar refractivity (Wildman–Crippen MR) is 85.9 cm³/mol. The first-order chi connectivity index (χ1) is 10.2. The molecule has 1 amide bonds. The van der Waals surface area contributed by atoms with Crippen molar-refractivity contribution < 1.29 is 4.79 Å². The molecule has 0 spiro atoms. The van der Waals surface area contributed by atoms with Crippen LogP contribution in [0.25, 0.3) is 0 Å². The van der Waals surface area contributed by atoms with Gasteiger partial charge < -0.3 is 11.1 Å². The molecule has 114 valence electrons. The van der Waals surface area contributed by atoms with Crippen molar-refractivity contribution in [3.63, 3.8) is 0 Å². The lowest BCUT2D eigenvalue weighted by Gasteiger charge is -2.13. The lowest BCUT2D eigenvalue weighted by atomic mass is 10.1. The summed E-state index contributed by atoms with van der Waals surface area (Å²) in [4.78, 5) is 16.2. The molecule has 4 nitrogen and oxygen atoms in total. The van der Waals surface area contributed by atoms with E-state index in [1.54, 1.807) is 18.3 Å². The van der Waals surface area contributed by atoms with Crippen molar-refractivity contribution in [1.82, 2.24) is 10.3 Å². The van der Waals surface area contributed by atoms with E-state index in [2.05, 4.69) is 29.1 Å². The summed E-state index contributed by atoms with van der Waals surface area (Å²) in [6.07, 6.45) is 7.46. The van der Waals surface area contributed by atoms with E-state index in [1.807, 2.05) is 6.92 Å². The Morgan fingerprint density at radius 2 is 2.19 bits per heavy atom. The molecule has 21 heavy (non-hydrogen) atoms. The van der Waals surface area contributed by atoms with Crippen LogP contribution < -0.4 is 11.1 Å². The number of hydrogen-bond acceptors (Lipinski definition) is 3. The Kier molecular flexibility index (Phi) is 8.15. The second-order valence-electron chi connectivity index (χ2n) is 5.16. The lowest BCUT2D eigenvalue weighted by molar-refractivity contribution is 0.0933. The number of unbranched alkanes of at least 4 members (excludes halogenated alkanes) is 3. The molecule has 1 unspecified atom stereocenters. The van der Waals surface area contributed by atoms with E-state index in [9.17, 15) is 4.79 Å². The first-order valence-corrected chi connectivity index (χ1v) is 7.63. The third-order valence-electron chi connectivity index (χ3n) is 3.20. The van der Waals surface area contributed by atoms with Gasteiger partial charge in [-0.3, -0.25) is 4.79 Å². The van der Waals surface area contributed by atoms with Gasteiger partial charge in [0.05, 0.1) is 6.54 Å². The summed E-state index contributed by atoms with van der Waals surface area (Å²) in [6.45, 7) is 4.54. The van der Waals surface area contributed by atoms with Gasteiger partial charge in [0, 0.05) is 17.8 Å². The highest BCUT2D eigenvalue weighted by atomic mass is 16.1. The second-order valence-corrected chi connectivity index (χ2v) is 5.16. The number of nitrogens with one attached hydrogen (secondary N) is 1. The van der Waals surface area contributed by atoms with E-state index >= 15 is 0 Å². The summed E-state index contributed by atoms with van der Waals surface area (Å²) in [5, 5.41) is 2.98. The maximum Gasteiger partial charge on any atom is 0.270 e. The molecule has 0 radical (unpaired) electrons. The number of carbonyl (C=O) groups is 1. The molecule has 4 heteroatoms. The summed E-state index contributed by atoms with van der Waals surface area (Å²) in [5.41, 5.74) is 6.50. The number of nitrogens with zero attached hydrogens (tertiary/aromatic N) is 1. The number of rotatable bonds is 7. The Bertz CT molecular complexity index is 485. The van der Waals surface area contributed by atoms with Crippen LogP contribution in [0.2, 0.25) is 0 Å². The SMILES string of the molecule is CCCCCCC(C)NC(=O)c1ccc(C#CCN)cn1. The second kappa shape index (κ2) is 9.95. The molecule has 0 aliphatic carbocycles. The van der Waals surface area contributed by atoms with Gasteiger partial charge in [-0.25, -0.2) is 4.98 Å². The van der Waals surface area contributed by atoms with E-state index < -0.39 is 0 Å². The van der Waals surface area contributed by atoms with Gasteiger partial charge in [0.15, 0.2) is 0 Å². The average Bonchev–Trinajstić information content (AvgIpc) is 2.50. The van der Waals surface area contributed by atoms with Gasteiger partial charge >= 0.3 is 0 Å². The van der Waals surface area contributed by atoms with E-state index in [4.69, 9.17) is 5.73 Å². The number of pyridine rings is 1. The zero-order valence-corrected chi connectivity index (χ0v) is 13.0. The molecule has 0 aliphatic heterocycles. The molecule has 3 N–H and O–H groups in total. The fourth-order valence-electron chi connectivity index (χ4n) is 2.00. The van der Waals surface area contributed by atoms with Gasteiger partial charge in [-0.15, -0.1) is 0 Å². The molecule has 0 fully saturated rings. The highest BCUT2D eigenvalue weighted by Gasteiger charge is 2.10. The van der Waals surface area contributed by atoms with Crippen LogP contribution in [0.4, 0.5) is 0 Å². The number of aromatic nitrogens is 1. The topological polar surface area (TPSA) is 68.0 Å². The van der Waals surface area contributed by atoms with Crippen LogP contribution in [0.1, 0.15) is 62.0 Å². The molecule has 1 heterocycles. The minimum Gasteiger partial charge on any atom is -0.348 e. The summed E-state index contributed by atoms with van der Waals surface area (Å²) in [5.74, 6) is 5.51. The van der Waals surface area contributed by atoms with Crippen LogP contribution >= 0.6 is 0 Å². The lowest BCUT2D eigenvalue weighted by Crippen LogP contribution is -2.33. The molecule has 0 aliphatic rings. The smallest absolute Gasteiger partial charge is 0.270 e. The number of amides is 1. The molecule has 1 rings (SSSR count). The third kappa shape index (κ3) is 6.92. The maximum absolute atomic E-state index is 12.0. The summed E-state index contributed by atoms with van der Waals surface area (Å²) in [7, 11) is 0. The zero-order valence-electron chi connectivity index (χ0n) is 13.0. The molecule has 1 atom stereocenters. The van der Waals surface area contributed by atoms with Gasteiger partial charge in [-0.05, 0) is 25.5 Å². The normalized spacial score (nSPS) is 11.4. The van der Waals surface area contributed by atoms with Gasteiger partial charge in [0.2, 0.25) is 0 Å². The quantitative estimate of drug-likeness (QED) is 0.598. The first kappa shape index (κ1) is 17.2. The van der Waals surface area contributed by atoms with E-state index in [1.165, 1.54) is 19.3 Å². The van der Waals surface area contributed by atoms with Crippen LogP contribution in [-0.4, -0.2) is 23.5 Å². The minimum absolute atomic E-state index is 0.128. The Morgan fingerprint density at radius 1 is 1.38 bits per heavy atom. The van der Waals surface area contributed by atoms with Gasteiger partial charge in [-0.1, -0.05) is 44.4 Å². The van der Waals surface area contributed by atoms with Gasteiger partial charge in [-0.2, -0.15) is 0 Å². The highest BCUT2D eigenvalue weighted by molar-refractivity contribution is 5.92. The van der Waals surface area contributed by atoms with Gasteiger partial charge in [0.25, 0.3) is 5.91 Å². The van der Waals surface area contributed by atoms with Crippen molar-refractivity contribution in [2.45, 2.75) is 52.0 Å². The first-order valence-electron chi connectivity index (χ1n) is 7.63. The van der Waals surface area contributed by atoms with Gasteiger partial charge in [0.1, 0.15) is 5.69 Å². The molecule has 0 saturated heterocycles. The van der Waals surface area contributed by atoms with Crippen LogP contribution in [0, 0.1) is 11.8 Å². The molecule has 0 saturated carbocycles. The number of nitrogens with two attached hydrogens (primary N) is 1. The summed E-state index contributed by atoms with van der Waals surface area (Å²) < 4.78 is 0.